The van der Waals surface area contributed by atoms with Crippen molar-refractivity contribution >= 4 is 10.1 Å². The fraction of sp³-hybridized carbons (Fsp3) is 0.200. The highest BCUT2D eigenvalue weighted by Crippen LogP contribution is 2.34. The lowest BCUT2D eigenvalue weighted by Gasteiger charge is -2.24. The summed E-state index contributed by atoms with van der Waals surface area (Å²) in [6.07, 6.45) is 4.15. The summed E-state index contributed by atoms with van der Waals surface area (Å²) < 4.78 is 31.6. The molecule has 0 radical (unpaired) electrons. The summed E-state index contributed by atoms with van der Waals surface area (Å²) in [5.41, 5.74) is 6.10. The van der Waals surface area contributed by atoms with E-state index in [-0.39, 0.29) is 16.8 Å². The van der Waals surface area contributed by atoms with Gasteiger partial charge in [0.15, 0.2) is 0 Å². The lowest BCUT2D eigenvalue weighted by atomic mass is 9.89. The smallest absolute Gasteiger partial charge is 0.380 e. The Kier molecular flexibility index (Phi) is 2.84. The maximum atomic E-state index is 11.3. The van der Waals surface area contributed by atoms with Gasteiger partial charge in [0.1, 0.15) is 6.10 Å². The summed E-state index contributed by atoms with van der Waals surface area (Å²) in [6, 6.07) is 0. The molecule has 0 bridgehead atoms. The van der Waals surface area contributed by atoms with E-state index in [4.69, 9.17) is 10.3 Å². The molecule has 8 nitrogen and oxygen atoms in total. The number of allylic oxidation sites excluding steroid dienone is 4. The topological polar surface area (TPSA) is 144 Å². The monoisotopic (exact) mass is 286 g/mol. The van der Waals surface area contributed by atoms with Crippen molar-refractivity contribution in [2.45, 2.75) is 11.0 Å². The van der Waals surface area contributed by atoms with Crippen molar-refractivity contribution < 1.29 is 23.0 Å². The second kappa shape index (κ2) is 4.02. The van der Waals surface area contributed by atoms with Crippen LogP contribution in [0.4, 0.5) is 0 Å². The number of aliphatic hydroxyl groups excluding tert-OH is 1. The number of fused-ring (bicyclic) bond motifs is 1. The van der Waals surface area contributed by atoms with Crippen LogP contribution in [-0.4, -0.2) is 34.0 Å². The molecule has 0 fully saturated rings. The predicted octanol–water partition coefficient (Wildman–Crippen LogP) is -0.513. The highest BCUT2D eigenvalue weighted by Gasteiger charge is 2.53. The SMILES string of the molecule is NC1=C2C=CC([N+](=O)[O-])(S(=O)(=O)O)C=C2C=CC1O. The summed E-state index contributed by atoms with van der Waals surface area (Å²) in [5, 5.41) is 20.5. The molecule has 2 unspecified atom stereocenters. The minimum absolute atomic E-state index is 0.0530. The Bertz CT molecular complexity index is 672. The highest BCUT2D eigenvalue weighted by atomic mass is 32.2. The van der Waals surface area contributed by atoms with Crippen molar-refractivity contribution in [2.24, 2.45) is 5.73 Å². The number of hydrogen-bond donors (Lipinski definition) is 3. The Morgan fingerprint density at radius 1 is 1.42 bits per heavy atom. The molecule has 9 heteroatoms. The van der Waals surface area contributed by atoms with Crippen LogP contribution < -0.4 is 5.73 Å². The largest absolute Gasteiger partial charge is 0.399 e. The molecule has 2 rings (SSSR count). The number of nitrogens with zero attached hydrogens (tertiary/aromatic N) is 1. The molecular weight excluding hydrogens is 276 g/mol. The van der Waals surface area contributed by atoms with E-state index in [1.165, 1.54) is 12.2 Å². The molecule has 2 aliphatic carbocycles. The number of rotatable bonds is 2. The summed E-state index contributed by atoms with van der Waals surface area (Å²) in [6.45, 7) is 0. The minimum Gasteiger partial charge on any atom is -0.399 e. The standard InChI is InChI=1S/C10H10N2O6S/c11-9-7-3-4-10(12(14)15,19(16,17)18)5-6(7)1-2-8(9)13/h1-5,8,13H,11H2,(H,16,17,18). The molecule has 4 N–H and O–H groups in total. The van der Waals surface area contributed by atoms with Crippen LogP contribution in [0.25, 0.3) is 0 Å². The van der Waals surface area contributed by atoms with Crippen LogP contribution in [0.15, 0.2) is 47.2 Å². The van der Waals surface area contributed by atoms with Gasteiger partial charge in [-0.3, -0.25) is 14.7 Å². The van der Waals surface area contributed by atoms with E-state index in [1.54, 1.807) is 0 Å². The fourth-order valence-electron chi connectivity index (χ4n) is 1.87. The van der Waals surface area contributed by atoms with Gasteiger partial charge in [0.25, 0.3) is 0 Å². The van der Waals surface area contributed by atoms with Crippen molar-refractivity contribution in [3.63, 3.8) is 0 Å². The lowest BCUT2D eigenvalue weighted by Crippen LogP contribution is -2.44. The van der Waals surface area contributed by atoms with E-state index in [2.05, 4.69) is 0 Å². The third-order valence-electron chi connectivity index (χ3n) is 2.95. The second-order valence-electron chi connectivity index (χ2n) is 4.09. The van der Waals surface area contributed by atoms with Crippen LogP contribution in [-0.2, 0) is 10.1 Å². The zero-order chi connectivity index (χ0) is 14.4. The van der Waals surface area contributed by atoms with E-state index >= 15 is 0 Å². The zero-order valence-electron chi connectivity index (χ0n) is 9.42. The van der Waals surface area contributed by atoms with Crippen LogP contribution in [0.3, 0.4) is 0 Å². The summed E-state index contributed by atoms with van der Waals surface area (Å²) in [5.74, 6) is 0. The molecule has 0 aromatic rings. The van der Waals surface area contributed by atoms with Gasteiger partial charge in [-0.1, -0.05) is 6.08 Å². The van der Waals surface area contributed by atoms with Crippen LogP contribution in [0, 0.1) is 10.1 Å². The summed E-state index contributed by atoms with van der Waals surface area (Å²) in [4.78, 5) is 7.14. The Hall–Kier alpha value is -1.97. The van der Waals surface area contributed by atoms with Crippen LogP contribution in [0.1, 0.15) is 0 Å². The average molecular weight is 286 g/mol. The first-order valence-electron chi connectivity index (χ1n) is 5.09. The van der Waals surface area contributed by atoms with Crippen LogP contribution in [0.5, 0.6) is 0 Å². The van der Waals surface area contributed by atoms with E-state index < -0.39 is 26.0 Å². The van der Waals surface area contributed by atoms with Crippen molar-refractivity contribution in [2.75, 3.05) is 0 Å². The molecule has 2 atom stereocenters. The number of nitro groups is 1. The Morgan fingerprint density at radius 3 is 2.58 bits per heavy atom. The Balaban J connectivity index is 2.67. The third-order valence-corrected chi connectivity index (χ3v) is 4.18. The van der Waals surface area contributed by atoms with E-state index in [0.29, 0.717) is 0 Å². The maximum absolute atomic E-state index is 11.3. The molecule has 0 amide bonds. The summed E-state index contributed by atoms with van der Waals surface area (Å²) in [7, 11) is -4.99. The van der Waals surface area contributed by atoms with Gasteiger partial charge in [0.2, 0.25) is 0 Å². The van der Waals surface area contributed by atoms with Crippen molar-refractivity contribution in [3.8, 4) is 0 Å². The third kappa shape index (κ3) is 1.87. The molecule has 0 saturated carbocycles. The zero-order valence-corrected chi connectivity index (χ0v) is 10.2. The first kappa shape index (κ1) is 13.5. The maximum Gasteiger partial charge on any atom is 0.380 e. The highest BCUT2D eigenvalue weighted by molar-refractivity contribution is 7.87. The molecule has 19 heavy (non-hydrogen) atoms. The molecule has 2 aliphatic rings. The molecule has 0 saturated heterocycles. The first-order chi connectivity index (χ1) is 8.69. The Labute approximate surface area is 108 Å². The number of nitrogens with two attached hydrogens (primary N) is 1. The van der Waals surface area contributed by atoms with Gasteiger partial charge in [0, 0.05) is 23.4 Å². The van der Waals surface area contributed by atoms with Gasteiger partial charge < -0.3 is 10.8 Å². The molecule has 0 aromatic heterocycles. The van der Waals surface area contributed by atoms with Gasteiger partial charge >= 0.3 is 15.0 Å². The van der Waals surface area contributed by atoms with Crippen LogP contribution >= 0.6 is 0 Å². The fourth-order valence-corrected chi connectivity index (χ4v) is 2.58. The Morgan fingerprint density at radius 2 is 2.05 bits per heavy atom. The number of hydrogen-bond acceptors (Lipinski definition) is 6. The quantitative estimate of drug-likeness (QED) is 0.352. The normalized spacial score (nSPS) is 30.0. The summed E-state index contributed by atoms with van der Waals surface area (Å²) >= 11 is 0. The van der Waals surface area contributed by atoms with Crippen LogP contribution in [0.2, 0.25) is 0 Å². The van der Waals surface area contributed by atoms with Crippen molar-refractivity contribution in [1.82, 2.24) is 0 Å². The van der Waals surface area contributed by atoms with E-state index in [9.17, 15) is 23.6 Å². The molecule has 102 valence electrons. The first-order valence-corrected chi connectivity index (χ1v) is 6.53. The average Bonchev–Trinajstić information content (AvgIpc) is 2.31. The van der Waals surface area contributed by atoms with Crippen molar-refractivity contribution in [1.29, 1.82) is 0 Å². The van der Waals surface area contributed by atoms with Crippen molar-refractivity contribution in [3.05, 3.63) is 57.3 Å². The van der Waals surface area contributed by atoms with Gasteiger partial charge in [0.05, 0.1) is 4.92 Å². The van der Waals surface area contributed by atoms with Gasteiger partial charge in [-0.2, -0.15) is 8.42 Å². The molecule has 0 aromatic carbocycles. The van der Waals surface area contributed by atoms with Gasteiger partial charge in [-0.05, 0) is 17.7 Å². The molecule has 0 heterocycles. The molecule has 0 spiro atoms. The van der Waals surface area contributed by atoms with E-state index in [0.717, 1.165) is 18.2 Å². The predicted molar refractivity (Wildman–Crippen MR) is 64.9 cm³/mol. The molecule has 0 aliphatic heterocycles. The molecular formula is C10H10N2O6S. The van der Waals surface area contributed by atoms with Gasteiger partial charge in [-0.15, -0.1) is 0 Å². The van der Waals surface area contributed by atoms with E-state index in [1.807, 2.05) is 0 Å². The lowest BCUT2D eigenvalue weighted by molar-refractivity contribution is -0.514. The van der Waals surface area contributed by atoms with Gasteiger partial charge in [-0.25, -0.2) is 0 Å². The minimum atomic E-state index is -4.99. The second-order valence-corrected chi connectivity index (χ2v) is 5.69. The number of aliphatic hydroxyl groups is 1.